The zero-order valence-electron chi connectivity index (χ0n) is 9.95. The molecule has 0 spiro atoms. The summed E-state index contributed by atoms with van der Waals surface area (Å²) < 4.78 is 10.4. The smallest absolute Gasteiger partial charge is 0.0700 e. The first-order valence-electron chi connectivity index (χ1n) is 5.80. The molecule has 1 heterocycles. The molecule has 4 nitrogen and oxygen atoms in total. The zero-order valence-corrected chi connectivity index (χ0v) is 9.95. The van der Waals surface area contributed by atoms with E-state index in [2.05, 4.69) is 11.8 Å². The predicted octanol–water partition coefficient (Wildman–Crippen LogP) is 0.461. The van der Waals surface area contributed by atoms with Crippen LogP contribution in [-0.2, 0) is 9.47 Å². The summed E-state index contributed by atoms with van der Waals surface area (Å²) in [6, 6.07) is 0.996. The van der Waals surface area contributed by atoms with Crippen molar-refractivity contribution in [3.63, 3.8) is 0 Å². The first-order chi connectivity index (χ1) is 7.24. The van der Waals surface area contributed by atoms with Crippen LogP contribution in [0.1, 0.15) is 19.8 Å². The van der Waals surface area contributed by atoms with Crippen molar-refractivity contribution < 1.29 is 9.47 Å². The van der Waals surface area contributed by atoms with Gasteiger partial charge in [-0.25, -0.2) is 0 Å². The molecule has 1 aliphatic rings. The molecule has 2 unspecified atom stereocenters. The second kappa shape index (κ2) is 7.17. The van der Waals surface area contributed by atoms with E-state index in [4.69, 9.17) is 15.2 Å². The lowest BCUT2D eigenvalue weighted by atomic mass is 10.0. The Morgan fingerprint density at radius 2 is 2.07 bits per heavy atom. The van der Waals surface area contributed by atoms with E-state index in [1.165, 1.54) is 6.42 Å². The van der Waals surface area contributed by atoms with E-state index in [9.17, 15) is 0 Å². The molecule has 0 aromatic rings. The number of hydrogen-bond donors (Lipinski definition) is 1. The van der Waals surface area contributed by atoms with Gasteiger partial charge < -0.3 is 15.2 Å². The van der Waals surface area contributed by atoms with Crippen LogP contribution < -0.4 is 5.73 Å². The van der Waals surface area contributed by atoms with Gasteiger partial charge in [0.15, 0.2) is 0 Å². The molecular weight excluding hydrogens is 192 g/mol. The third-order valence-electron chi connectivity index (χ3n) is 3.00. The SMILES string of the molecule is COCCOCCN1CC(N)CCC1C. The molecule has 1 saturated heterocycles. The Labute approximate surface area is 92.7 Å². The lowest BCUT2D eigenvalue weighted by Gasteiger charge is -2.36. The minimum atomic E-state index is 0.347. The van der Waals surface area contributed by atoms with E-state index in [0.29, 0.717) is 25.3 Å². The van der Waals surface area contributed by atoms with E-state index in [1.54, 1.807) is 7.11 Å². The Bertz CT molecular complexity index is 167. The molecule has 2 atom stereocenters. The third kappa shape index (κ3) is 4.93. The molecule has 0 radical (unpaired) electrons. The average molecular weight is 216 g/mol. The minimum absolute atomic E-state index is 0.347. The van der Waals surface area contributed by atoms with Gasteiger partial charge in [-0.15, -0.1) is 0 Å². The lowest BCUT2D eigenvalue weighted by Crippen LogP contribution is -2.48. The Balaban J connectivity index is 2.08. The van der Waals surface area contributed by atoms with E-state index in [1.807, 2.05) is 0 Å². The fourth-order valence-corrected chi connectivity index (χ4v) is 1.95. The van der Waals surface area contributed by atoms with Crippen LogP contribution in [0.2, 0.25) is 0 Å². The summed E-state index contributed by atoms with van der Waals surface area (Å²) in [6.07, 6.45) is 2.36. The maximum Gasteiger partial charge on any atom is 0.0700 e. The summed E-state index contributed by atoms with van der Waals surface area (Å²) in [5.41, 5.74) is 5.94. The van der Waals surface area contributed by atoms with Crippen LogP contribution in [0, 0.1) is 0 Å². The highest BCUT2D eigenvalue weighted by atomic mass is 16.5. The summed E-state index contributed by atoms with van der Waals surface area (Å²) in [5.74, 6) is 0. The van der Waals surface area contributed by atoms with Crippen molar-refractivity contribution in [3.8, 4) is 0 Å². The number of nitrogens with zero attached hydrogens (tertiary/aromatic N) is 1. The van der Waals surface area contributed by atoms with Gasteiger partial charge in [-0.05, 0) is 19.8 Å². The van der Waals surface area contributed by atoms with Crippen LogP contribution in [0.15, 0.2) is 0 Å². The number of piperidine rings is 1. The molecule has 0 amide bonds. The molecule has 90 valence electrons. The molecule has 15 heavy (non-hydrogen) atoms. The zero-order chi connectivity index (χ0) is 11.1. The Morgan fingerprint density at radius 3 is 2.80 bits per heavy atom. The van der Waals surface area contributed by atoms with Crippen LogP contribution in [0.4, 0.5) is 0 Å². The molecule has 4 heteroatoms. The van der Waals surface area contributed by atoms with Crippen molar-refractivity contribution in [1.29, 1.82) is 0 Å². The van der Waals surface area contributed by atoms with Gasteiger partial charge in [0.1, 0.15) is 0 Å². The normalized spacial score (nSPS) is 28.2. The quantitative estimate of drug-likeness (QED) is 0.655. The summed E-state index contributed by atoms with van der Waals surface area (Å²) in [4.78, 5) is 2.42. The van der Waals surface area contributed by atoms with Crippen molar-refractivity contribution in [3.05, 3.63) is 0 Å². The summed E-state index contributed by atoms with van der Waals surface area (Å²) in [5, 5.41) is 0. The van der Waals surface area contributed by atoms with Crippen LogP contribution in [-0.4, -0.2) is 57.0 Å². The Kier molecular flexibility index (Phi) is 6.17. The molecule has 1 fully saturated rings. The molecule has 0 aromatic carbocycles. The maximum atomic E-state index is 5.94. The topological polar surface area (TPSA) is 47.7 Å². The highest BCUT2D eigenvalue weighted by Gasteiger charge is 2.22. The van der Waals surface area contributed by atoms with Gasteiger partial charge in [0.25, 0.3) is 0 Å². The molecule has 1 rings (SSSR count). The highest BCUT2D eigenvalue weighted by molar-refractivity contribution is 4.80. The number of nitrogens with two attached hydrogens (primary N) is 1. The first kappa shape index (κ1) is 12.9. The van der Waals surface area contributed by atoms with Gasteiger partial charge in [-0.3, -0.25) is 4.90 Å². The second-order valence-electron chi connectivity index (χ2n) is 4.29. The van der Waals surface area contributed by atoms with E-state index in [-0.39, 0.29) is 0 Å². The van der Waals surface area contributed by atoms with Crippen LogP contribution >= 0.6 is 0 Å². The summed E-state index contributed by atoms with van der Waals surface area (Å²) in [7, 11) is 1.69. The number of rotatable bonds is 6. The number of likely N-dealkylation sites (tertiary alicyclic amines) is 1. The fourth-order valence-electron chi connectivity index (χ4n) is 1.95. The van der Waals surface area contributed by atoms with Gasteiger partial charge in [0.2, 0.25) is 0 Å². The first-order valence-corrected chi connectivity index (χ1v) is 5.80. The molecular formula is C11H24N2O2. The third-order valence-corrected chi connectivity index (χ3v) is 3.00. The number of ether oxygens (including phenoxy) is 2. The van der Waals surface area contributed by atoms with Gasteiger partial charge in [0.05, 0.1) is 19.8 Å². The predicted molar refractivity (Wildman–Crippen MR) is 60.9 cm³/mol. The monoisotopic (exact) mass is 216 g/mol. The summed E-state index contributed by atoms with van der Waals surface area (Å²) >= 11 is 0. The van der Waals surface area contributed by atoms with Gasteiger partial charge in [-0.2, -0.15) is 0 Å². The van der Waals surface area contributed by atoms with E-state index in [0.717, 1.165) is 26.1 Å². The van der Waals surface area contributed by atoms with Crippen LogP contribution in [0.25, 0.3) is 0 Å². The van der Waals surface area contributed by atoms with Gasteiger partial charge >= 0.3 is 0 Å². The Hall–Kier alpha value is -0.160. The fraction of sp³-hybridized carbons (Fsp3) is 1.00. The molecule has 1 aliphatic heterocycles. The van der Waals surface area contributed by atoms with Crippen LogP contribution in [0.5, 0.6) is 0 Å². The standard InChI is InChI=1S/C11H24N2O2/c1-10-3-4-11(12)9-13(10)5-6-15-8-7-14-2/h10-11H,3-9,12H2,1-2H3. The number of hydrogen-bond acceptors (Lipinski definition) is 4. The van der Waals surface area contributed by atoms with Crippen molar-refractivity contribution in [1.82, 2.24) is 4.90 Å². The highest BCUT2D eigenvalue weighted by Crippen LogP contribution is 2.14. The maximum absolute atomic E-state index is 5.94. The molecule has 0 saturated carbocycles. The van der Waals surface area contributed by atoms with Crippen molar-refractivity contribution in [2.45, 2.75) is 31.8 Å². The Morgan fingerprint density at radius 1 is 1.27 bits per heavy atom. The van der Waals surface area contributed by atoms with Crippen LogP contribution in [0.3, 0.4) is 0 Å². The minimum Gasteiger partial charge on any atom is -0.382 e. The summed E-state index contributed by atoms with van der Waals surface area (Å²) in [6.45, 7) is 6.40. The molecule has 0 aromatic heterocycles. The van der Waals surface area contributed by atoms with Crippen molar-refractivity contribution in [2.24, 2.45) is 5.73 Å². The largest absolute Gasteiger partial charge is 0.382 e. The van der Waals surface area contributed by atoms with Crippen molar-refractivity contribution in [2.75, 3.05) is 40.0 Å². The molecule has 2 N–H and O–H groups in total. The lowest BCUT2D eigenvalue weighted by molar-refractivity contribution is 0.0424. The molecule has 0 bridgehead atoms. The van der Waals surface area contributed by atoms with Crippen molar-refractivity contribution >= 4 is 0 Å². The van der Waals surface area contributed by atoms with Gasteiger partial charge in [0, 0.05) is 32.3 Å². The van der Waals surface area contributed by atoms with Gasteiger partial charge in [-0.1, -0.05) is 0 Å². The average Bonchev–Trinajstić information content (AvgIpc) is 2.23. The number of methoxy groups -OCH3 is 1. The molecule has 0 aliphatic carbocycles. The second-order valence-corrected chi connectivity index (χ2v) is 4.29. The van der Waals surface area contributed by atoms with E-state index < -0.39 is 0 Å². The van der Waals surface area contributed by atoms with E-state index >= 15 is 0 Å².